The van der Waals surface area contributed by atoms with Crippen LogP contribution in [0, 0.1) is 0 Å². The van der Waals surface area contributed by atoms with E-state index >= 15 is 0 Å². The van der Waals surface area contributed by atoms with Gasteiger partial charge in [0.05, 0.1) is 13.5 Å². The van der Waals surface area contributed by atoms with Crippen molar-refractivity contribution in [3.63, 3.8) is 0 Å². The molecule has 110 valence electrons. The number of hydrogen-bond donors (Lipinski definition) is 2. The van der Waals surface area contributed by atoms with Gasteiger partial charge in [0.25, 0.3) is 0 Å². The van der Waals surface area contributed by atoms with E-state index in [-0.39, 0.29) is 25.4 Å². The highest BCUT2D eigenvalue weighted by Gasteiger charge is 2.19. The second-order valence-electron chi connectivity index (χ2n) is 4.26. The molecular weight excluding hydrogens is 262 g/mol. The van der Waals surface area contributed by atoms with E-state index in [0.717, 1.165) is 5.56 Å². The Morgan fingerprint density at radius 1 is 1.25 bits per heavy atom. The molecule has 6 heteroatoms. The second-order valence-corrected chi connectivity index (χ2v) is 4.26. The fourth-order valence-corrected chi connectivity index (χ4v) is 1.67. The van der Waals surface area contributed by atoms with Gasteiger partial charge in [-0.15, -0.1) is 0 Å². The Bertz CT molecular complexity index is 443. The summed E-state index contributed by atoms with van der Waals surface area (Å²) in [7, 11) is 3.05. The Hall–Kier alpha value is -2.08. The Morgan fingerprint density at radius 3 is 2.40 bits per heavy atom. The minimum absolute atomic E-state index is 0.126. The van der Waals surface area contributed by atoms with E-state index in [1.165, 1.54) is 7.11 Å². The maximum Gasteiger partial charge on any atom is 0.326 e. The molecule has 0 fully saturated rings. The Balaban J connectivity index is 2.53. The number of rotatable bonds is 8. The molecule has 0 saturated heterocycles. The molecule has 0 bridgehead atoms. The fourth-order valence-electron chi connectivity index (χ4n) is 1.67. The van der Waals surface area contributed by atoms with E-state index in [0.29, 0.717) is 5.75 Å². The Kier molecular flexibility index (Phi) is 6.52. The van der Waals surface area contributed by atoms with E-state index in [2.05, 4.69) is 5.32 Å². The number of amides is 1. The van der Waals surface area contributed by atoms with Crippen LogP contribution < -0.4 is 10.1 Å². The van der Waals surface area contributed by atoms with Crippen molar-refractivity contribution in [2.45, 2.75) is 18.9 Å². The molecule has 2 N–H and O–H groups in total. The number of nitrogens with one attached hydrogen (secondary N) is 1. The molecule has 0 heterocycles. The molecule has 0 aliphatic carbocycles. The van der Waals surface area contributed by atoms with Crippen LogP contribution in [-0.2, 0) is 20.7 Å². The molecular formula is C14H19NO5. The predicted molar refractivity (Wildman–Crippen MR) is 72.8 cm³/mol. The second kappa shape index (κ2) is 8.16. The quantitative estimate of drug-likeness (QED) is 0.737. The van der Waals surface area contributed by atoms with Gasteiger partial charge in [-0.3, -0.25) is 4.79 Å². The van der Waals surface area contributed by atoms with Crippen LogP contribution in [0.5, 0.6) is 5.75 Å². The molecule has 20 heavy (non-hydrogen) atoms. The van der Waals surface area contributed by atoms with Crippen LogP contribution in [0.25, 0.3) is 0 Å². The minimum atomic E-state index is -1.06. The van der Waals surface area contributed by atoms with Gasteiger partial charge in [-0.05, 0) is 17.7 Å². The molecule has 0 aliphatic heterocycles. The summed E-state index contributed by atoms with van der Waals surface area (Å²) in [6.45, 7) is 0.278. The first-order valence-corrected chi connectivity index (χ1v) is 6.21. The van der Waals surface area contributed by atoms with E-state index in [1.54, 1.807) is 31.4 Å². The van der Waals surface area contributed by atoms with Crippen molar-refractivity contribution in [3.8, 4) is 5.75 Å². The number of carbonyl (C=O) groups is 2. The summed E-state index contributed by atoms with van der Waals surface area (Å²) in [5.74, 6) is -0.693. The lowest BCUT2D eigenvalue weighted by Crippen LogP contribution is -2.42. The lowest BCUT2D eigenvalue weighted by molar-refractivity contribution is -0.142. The SMILES string of the molecule is COCCC(NC(=O)Cc1ccc(OC)cc1)C(=O)O. The smallest absolute Gasteiger partial charge is 0.326 e. The van der Waals surface area contributed by atoms with Crippen molar-refractivity contribution in [1.82, 2.24) is 5.32 Å². The molecule has 1 atom stereocenters. The van der Waals surface area contributed by atoms with Crippen molar-refractivity contribution in [2.75, 3.05) is 20.8 Å². The average molecular weight is 281 g/mol. The van der Waals surface area contributed by atoms with Crippen molar-refractivity contribution >= 4 is 11.9 Å². The number of methoxy groups -OCH3 is 2. The normalized spacial score (nSPS) is 11.7. The van der Waals surface area contributed by atoms with E-state index in [1.807, 2.05) is 0 Å². The zero-order valence-electron chi connectivity index (χ0n) is 11.6. The van der Waals surface area contributed by atoms with Crippen molar-refractivity contribution in [3.05, 3.63) is 29.8 Å². The molecule has 0 radical (unpaired) electrons. The highest BCUT2D eigenvalue weighted by atomic mass is 16.5. The maximum absolute atomic E-state index is 11.8. The molecule has 1 rings (SSSR count). The Morgan fingerprint density at radius 2 is 1.90 bits per heavy atom. The molecule has 1 unspecified atom stereocenters. The summed E-state index contributed by atoms with van der Waals surface area (Å²) in [6, 6.07) is 6.11. The van der Waals surface area contributed by atoms with E-state index < -0.39 is 12.0 Å². The van der Waals surface area contributed by atoms with Crippen LogP contribution in [0.3, 0.4) is 0 Å². The maximum atomic E-state index is 11.8. The fraction of sp³-hybridized carbons (Fsp3) is 0.429. The summed E-state index contributed by atoms with van der Waals surface area (Å²) >= 11 is 0. The number of ether oxygens (including phenoxy) is 2. The topological polar surface area (TPSA) is 84.9 Å². The van der Waals surface area contributed by atoms with Gasteiger partial charge in [-0.25, -0.2) is 4.79 Å². The summed E-state index contributed by atoms with van der Waals surface area (Å²) < 4.78 is 9.84. The van der Waals surface area contributed by atoms with Crippen LogP contribution in [0.15, 0.2) is 24.3 Å². The number of hydrogen-bond acceptors (Lipinski definition) is 4. The van der Waals surface area contributed by atoms with Gasteiger partial charge < -0.3 is 19.9 Å². The van der Waals surface area contributed by atoms with Gasteiger partial charge in [0.1, 0.15) is 11.8 Å². The highest BCUT2D eigenvalue weighted by molar-refractivity contribution is 5.84. The van der Waals surface area contributed by atoms with Gasteiger partial charge >= 0.3 is 5.97 Å². The van der Waals surface area contributed by atoms with E-state index in [4.69, 9.17) is 14.6 Å². The van der Waals surface area contributed by atoms with Gasteiger partial charge in [-0.2, -0.15) is 0 Å². The molecule has 1 aromatic carbocycles. The zero-order valence-corrected chi connectivity index (χ0v) is 11.6. The van der Waals surface area contributed by atoms with Crippen molar-refractivity contribution in [1.29, 1.82) is 0 Å². The zero-order chi connectivity index (χ0) is 15.0. The van der Waals surface area contributed by atoms with Crippen molar-refractivity contribution in [2.24, 2.45) is 0 Å². The van der Waals surface area contributed by atoms with Gasteiger partial charge in [-0.1, -0.05) is 12.1 Å². The van der Waals surface area contributed by atoms with Crippen LogP contribution >= 0.6 is 0 Å². The number of carbonyl (C=O) groups excluding carboxylic acids is 1. The van der Waals surface area contributed by atoms with Crippen LogP contribution in [0.2, 0.25) is 0 Å². The first kappa shape index (κ1) is 16.0. The molecule has 0 aromatic heterocycles. The van der Waals surface area contributed by atoms with Gasteiger partial charge in [0, 0.05) is 20.1 Å². The van der Waals surface area contributed by atoms with Crippen LogP contribution in [0.4, 0.5) is 0 Å². The number of carboxylic acids is 1. The van der Waals surface area contributed by atoms with E-state index in [9.17, 15) is 9.59 Å². The average Bonchev–Trinajstić information content (AvgIpc) is 2.44. The summed E-state index contributed by atoms with van der Waals surface area (Å²) in [6.07, 6.45) is 0.362. The first-order chi connectivity index (χ1) is 9.56. The van der Waals surface area contributed by atoms with Crippen molar-refractivity contribution < 1.29 is 24.2 Å². The molecule has 1 amide bonds. The largest absolute Gasteiger partial charge is 0.497 e. The minimum Gasteiger partial charge on any atom is -0.497 e. The molecule has 0 aliphatic rings. The van der Waals surface area contributed by atoms with Crippen LogP contribution in [0.1, 0.15) is 12.0 Å². The third-order valence-electron chi connectivity index (χ3n) is 2.77. The lowest BCUT2D eigenvalue weighted by Gasteiger charge is -2.14. The third-order valence-corrected chi connectivity index (χ3v) is 2.77. The lowest BCUT2D eigenvalue weighted by atomic mass is 10.1. The standard InChI is InChI=1S/C14H19NO5/c1-19-8-7-12(14(17)18)15-13(16)9-10-3-5-11(20-2)6-4-10/h3-6,12H,7-9H2,1-2H3,(H,15,16)(H,17,18). The molecule has 0 saturated carbocycles. The van der Waals surface area contributed by atoms with Gasteiger partial charge in [0.15, 0.2) is 0 Å². The first-order valence-electron chi connectivity index (χ1n) is 6.21. The third kappa shape index (κ3) is 5.27. The molecule has 1 aromatic rings. The summed E-state index contributed by atoms with van der Waals surface area (Å²) in [5, 5.41) is 11.5. The number of aliphatic carboxylic acids is 1. The summed E-state index contributed by atoms with van der Waals surface area (Å²) in [4.78, 5) is 22.8. The van der Waals surface area contributed by atoms with Crippen LogP contribution in [-0.4, -0.2) is 43.9 Å². The molecule has 0 spiro atoms. The monoisotopic (exact) mass is 281 g/mol. The summed E-state index contributed by atoms with van der Waals surface area (Å²) in [5.41, 5.74) is 0.791. The molecule has 6 nitrogen and oxygen atoms in total. The highest BCUT2D eigenvalue weighted by Crippen LogP contribution is 2.11. The Labute approximate surface area is 117 Å². The van der Waals surface area contributed by atoms with Gasteiger partial charge in [0.2, 0.25) is 5.91 Å². The predicted octanol–water partition coefficient (Wildman–Crippen LogP) is 0.844. The number of benzene rings is 1. The number of carboxylic acid groups (broad SMARTS) is 1.